The van der Waals surface area contributed by atoms with Gasteiger partial charge in [0.05, 0.1) is 19.4 Å². The van der Waals surface area contributed by atoms with Gasteiger partial charge in [-0.1, -0.05) is 6.92 Å². The Balaban J connectivity index is 2.82. The van der Waals surface area contributed by atoms with Crippen LogP contribution in [0.1, 0.15) is 13.3 Å². The van der Waals surface area contributed by atoms with Crippen LogP contribution in [0.2, 0.25) is 0 Å². The number of hydrogen-bond acceptors (Lipinski definition) is 3. The van der Waals surface area contributed by atoms with E-state index >= 15 is 0 Å². The Morgan fingerprint density at radius 1 is 1.47 bits per heavy atom. The van der Waals surface area contributed by atoms with Crippen LogP contribution in [0.25, 0.3) is 0 Å². The highest BCUT2D eigenvalue weighted by Gasteiger charge is 2.14. The highest BCUT2D eigenvalue weighted by Crippen LogP contribution is 2.25. The molecule has 0 saturated heterocycles. The summed E-state index contributed by atoms with van der Waals surface area (Å²) in [7, 11) is 1.44. The predicted molar refractivity (Wildman–Crippen MR) is 70.9 cm³/mol. The number of nitrogens with one attached hydrogen (secondary N) is 1. The molecule has 2 amide bonds. The van der Waals surface area contributed by atoms with Gasteiger partial charge in [-0.25, -0.2) is 9.18 Å². The lowest BCUT2D eigenvalue weighted by Gasteiger charge is -2.22. The van der Waals surface area contributed by atoms with Crippen molar-refractivity contribution in [3.63, 3.8) is 0 Å². The number of methoxy groups -OCH3 is 1. The first-order chi connectivity index (χ1) is 9.12. The number of aliphatic hydroxyl groups excluding tert-OH is 1. The molecule has 0 heterocycles. The Morgan fingerprint density at radius 2 is 2.21 bits per heavy atom. The summed E-state index contributed by atoms with van der Waals surface area (Å²) in [5, 5.41) is 11.5. The summed E-state index contributed by atoms with van der Waals surface area (Å²) in [5.74, 6) is -0.0736. The number of benzene rings is 1. The van der Waals surface area contributed by atoms with Crippen LogP contribution in [0.15, 0.2) is 18.2 Å². The van der Waals surface area contributed by atoms with Gasteiger partial charge in [0.2, 0.25) is 0 Å². The van der Waals surface area contributed by atoms with Crippen molar-refractivity contribution in [2.24, 2.45) is 0 Å². The fourth-order valence-electron chi connectivity index (χ4n) is 1.68. The standard InChI is InChI=1S/C13H19FN2O3/c1-3-6-16(7-8-17)13(18)15-11-9-10(14)4-5-12(11)19-2/h4-5,9,17H,3,6-8H2,1-2H3,(H,15,18). The first-order valence-corrected chi connectivity index (χ1v) is 6.12. The van der Waals surface area contributed by atoms with Gasteiger partial charge in [0.1, 0.15) is 11.6 Å². The zero-order valence-corrected chi connectivity index (χ0v) is 11.1. The maximum atomic E-state index is 13.2. The number of hydrogen-bond donors (Lipinski definition) is 2. The van der Waals surface area contributed by atoms with Crippen LogP contribution in [0.5, 0.6) is 5.75 Å². The molecule has 0 fully saturated rings. The molecule has 1 aromatic rings. The third kappa shape index (κ3) is 4.40. The van der Waals surface area contributed by atoms with E-state index in [1.807, 2.05) is 6.92 Å². The van der Waals surface area contributed by atoms with Crippen LogP contribution in [-0.4, -0.2) is 42.8 Å². The van der Waals surface area contributed by atoms with Gasteiger partial charge in [-0.15, -0.1) is 0 Å². The molecule has 0 aliphatic rings. The predicted octanol–water partition coefficient (Wildman–Crippen LogP) is 2.07. The molecule has 0 aromatic heterocycles. The Kier molecular flexibility index (Phi) is 6.08. The number of halogens is 1. The Hall–Kier alpha value is -1.82. The first-order valence-electron chi connectivity index (χ1n) is 6.12. The molecule has 106 valence electrons. The molecule has 2 N–H and O–H groups in total. The van der Waals surface area contributed by atoms with Gasteiger partial charge in [0.15, 0.2) is 0 Å². The van der Waals surface area contributed by atoms with Crippen molar-refractivity contribution < 1.29 is 19.0 Å². The molecule has 6 heteroatoms. The summed E-state index contributed by atoms with van der Waals surface area (Å²) < 4.78 is 18.2. The van der Waals surface area contributed by atoms with E-state index in [9.17, 15) is 9.18 Å². The zero-order chi connectivity index (χ0) is 14.3. The average Bonchev–Trinajstić information content (AvgIpc) is 2.38. The highest BCUT2D eigenvalue weighted by molar-refractivity contribution is 5.91. The first kappa shape index (κ1) is 15.2. The minimum Gasteiger partial charge on any atom is -0.495 e. The fourth-order valence-corrected chi connectivity index (χ4v) is 1.68. The van der Waals surface area contributed by atoms with Crippen LogP contribution in [0, 0.1) is 5.82 Å². The van der Waals surface area contributed by atoms with Crippen LogP contribution in [0.3, 0.4) is 0 Å². The monoisotopic (exact) mass is 270 g/mol. The number of carbonyl (C=O) groups excluding carboxylic acids is 1. The average molecular weight is 270 g/mol. The molecular formula is C13H19FN2O3. The third-order valence-electron chi connectivity index (χ3n) is 2.55. The van der Waals surface area contributed by atoms with E-state index in [1.54, 1.807) is 0 Å². The molecule has 0 saturated carbocycles. The molecule has 1 rings (SSSR count). The van der Waals surface area contributed by atoms with Gasteiger partial charge in [-0.3, -0.25) is 0 Å². The topological polar surface area (TPSA) is 61.8 Å². The smallest absolute Gasteiger partial charge is 0.322 e. The van der Waals surface area contributed by atoms with Gasteiger partial charge in [0.25, 0.3) is 0 Å². The summed E-state index contributed by atoms with van der Waals surface area (Å²) in [6.07, 6.45) is 0.772. The van der Waals surface area contributed by atoms with Crippen LogP contribution < -0.4 is 10.1 Å². The second kappa shape index (κ2) is 7.58. The largest absolute Gasteiger partial charge is 0.495 e. The molecule has 0 spiro atoms. The van der Waals surface area contributed by atoms with E-state index in [0.29, 0.717) is 12.3 Å². The van der Waals surface area contributed by atoms with Crippen LogP contribution >= 0.6 is 0 Å². The lowest BCUT2D eigenvalue weighted by atomic mass is 10.3. The summed E-state index contributed by atoms with van der Waals surface area (Å²) in [5.41, 5.74) is 0.270. The number of carbonyl (C=O) groups is 1. The number of ether oxygens (including phenoxy) is 1. The van der Waals surface area contributed by atoms with E-state index < -0.39 is 5.82 Å². The lowest BCUT2D eigenvalue weighted by Crippen LogP contribution is -2.37. The van der Waals surface area contributed by atoms with E-state index in [2.05, 4.69) is 5.32 Å². The van der Waals surface area contributed by atoms with Gasteiger partial charge >= 0.3 is 6.03 Å². The fraction of sp³-hybridized carbons (Fsp3) is 0.462. The number of amides is 2. The highest BCUT2D eigenvalue weighted by atomic mass is 19.1. The molecular weight excluding hydrogens is 251 g/mol. The molecule has 0 radical (unpaired) electrons. The molecule has 0 bridgehead atoms. The van der Waals surface area contributed by atoms with Crippen molar-refractivity contribution in [1.82, 2.24) is 4.90 Å². The molecule has 0 aliphatic heterocycles. The Morgan fingerprint density at radius 3 is 2.79 bits per heavy atom. The van der Waals surface area contributed by atoms with Gasteiger partial charge in [0, 0.05) is 19.2 Å². The molecule has 0 unspecified atom stereocenters. The van der Waals surface area contributed by atoms with Gasteiger partial charge in [-0.05, 0) is 18.6 Å². The minimum absolute atomic E-state index is 0.117. The maximum absolute atomic E-state index is 13.2. The van der Waals surface area contributed by atoms with Gasteiger partial charge in [-0.2, -0.15) is 0 Å². The quantitative estimate of drug-likeness (QED) is 0.832. The van der Waals surface area contributed by atoms with E-state index in [1.165, 1.54) is 30.2 Å². The van der Waals surface area contributed by atoms with Crippen molar-refractivity contribution in [2.45, 2.75) is 13.3 Å². The summed E-state index contributed by atoms with van der Waals surface area (Å²) in [6.45, 7) is 2.56. The van der Waals surface area contributed by atoms with Crippen molar-refractivity contribution in [2.75, 3.05) is 32.1 Å². The Bertz CT molecular complexity index is 420. The Labute approximate surface area is 112 Å². The van der Waals surface area contributed by atoms with E-state index in [0.717, 1.165) is 6.42 Å². The molecule has 0 aliphatic carbocycles. The van der Waals surface area contributed by atoms with Crippen LogP contribution in [-0.2, 0) is 0 Å². The summed E-state index contributed by atoms with van der Waals surface area (Å²) in [6, 6.07) is 3.51. The lowest BCUT2D eigenvalue weighted by molar-refractivity contribution is 0.188. The molecule has 1 aromatic carbocycles. The third-order valence-corrected chi connectivity index (χ3v) is 2.55. The second-order valence-corrected chi connectivity index (χ2v) is 3.99. The molecule has 19 heavy (non-hydrogen) atoms. The number of nitrogens with zero attached hydrogens (tertiary/aromatic N) is 1. The van der Waals surface area contributed by atoms with Crippen molar-refractivity contribution in [3.8, 4) is 5.75 Å². The number of rotatable bonds is 6. The normalized spacial score (nSPS) is 10.1. The maximum Gasteiger partial charge on any atom is 0.322 e. The number of urea groups is 1. The summed E-state index contributed by atoms with van der Waals surface area (Å²) in [4.78, 5) is 13.5. The molecule has 0 atom stereocenters. The van der Waals surface area contributed by atoms with Crippen molar-refractivity contribution in [1.29, 1.82) is 0 Å². The van der Waals surface area contributed by atoms with E-state index in [4.69, 9.17) is 9.84 Å². The second-order valence-electron chi connectivity index (χ2n) is 3.99. The zero-order valence-electron chi connectivity index (χ0n) is 11.1. The van der Waals surface area contributed by atoms with Crippen LogP contribution in [0.4, 0.5) is 14.9 Å². The number of aliphatic hydroxyl groups is 1. The molecule has 5 nitrogen and oxygen atoms in total. The van der Waals surface area contributed by atoms with E-state index in [-0.39, 0.29) is 24.9 Å². The minimum atomic E-state index is -0.458. The SMILES string of the molecule is CCCN(CCO)C(=O)Nc1cc(F)ccc1OC. The number of anilines is 1. The van der Waals surface area contributed by atoms with Gasteiger partial charge < -0.3 is 20.1 Å². The summed E-state index contributed by atoms with van der Waals surface area (Å²) >= 11 is 0. The van der Waals surface area contributed by atoms with Crippen molar-refractivity contribution in [3.05, 3.63) is 24.0 Å². The van der Waals surface area contributed by atoms with Crippen molar-refractivity contribution >= 4 is 11.7 Å².